The molecule has 0 bridgehead atoms. The standard InChI is InChI=1S/C14H23NO2/c1-11(2)17-7-6-16-10-14-5-4-13(9-15)8-12(14)3/h4-5,8,11H,6-7,9-10,15H2,1-3H3. The molecule has 17 heavy (non-hydrogen) atoms. The van der Waals surface area contributed by atoms with E-state index in [4.69, 9.17) is 15.2 Å². The maximum atomic E-state index is 5.59. The van der Waals surface area contributed by atoms with E-state index >= 15 is 0 Å². The van der Waals surface area contributed by atoms with Crippen LogP contribution in [0.15, 0.2) is 18.2 Å². The van der Waals surface area contributed by atoms with E-state index in [1.165, 1.54) is 11.1 Å². The number of aryl methyl sites for hydroxylation is 1. The monoisotopic (exact) mass is 237 g/mol. The lowest BCUT2D eigenvalue weighted by atomic mass is 10.1. The van der Waals surface area contributed by atoms with E-state index in [0.29, 0.717) is 26.4 Å². The van der Waals surface area contributed by atoms with Crippen LogP contribution in [-0.4, -0.2) is 19.3 Å². The number of rotatable bonds is 7. The summed E-state index contributed by atoms with van der Waals surface area (Å²) in [5, 5.41) is 0. The van der Waals surface area contributed by atoms with Crippen molar-refractivity contribution >= 4 is 0 Å². The molecule has 0 saturated carbocycles. The largest absolute Gasteiger partial charge is 0.376 e. The molecule has 0 aliphatic carbocycles. The van der Waals surface area contributed by atoms with Crippen molar-refractivity contribution in [2.24, 2.45) is 5.73 Å². The van der Waals surface area contributed by atoms with Gasteiger partial charge in [0.05, 0.1) is 25.9 Å². The summed E-state index contributed by atoms with van der Waals surface area (Å²) >= 11 is 0. The van der Waals surface area contributed by atoms with Crippen LogP contribution in [0.5, 0.6) is 0 Å². The second-order valence-corrected chi connectivity index (χ2v) is 4.44. The molecule has 0 unspecified atom stereocenters. The first-order valence-electron chi connectivity index (χ1n) is 6.11. The van der Waals surface area contributed by atoms with Crippen molar-refractivity contribution in [2.45, 2.75) is 40.0 Å². The van der Waals surface area contributed by atoms with Crippen LogP contribution in [0.25, 0.3) is 0 Å². The highest BCUT2D eigenvalue weighted by Crippen LogP contribution is 2.11. The fourth-order valence-electron chi connectivity index (χ4n) is 1.57. The third-order valence-electron chi connectivity index (χ3n) is 2.58. The molecule has 0 radical (unpaired) electrons. The molecular formula is C14H23NO2. The summed E-state index contributed by atoms with van der Waals surface area (Å²) in [6.07, 6.45) is 0.268. The van der Waals surface area contributed by atoms with Gasteiger partial charge in [-0.2, -0.15) is 0 Å². The number of hydrogen-bond donors (Lipinski definition) is 1. The van der Waals surface area contributed by atoms with E-state index in [1.54, 1.807) is 0 Å². The Kier molecular flexibility index (Phi) is 6.19. The first-order chi connectivity index (χ1) is 8.13. The minimum atomic E-state index is 0.268. The summed E-state index contributed by atoms with van der Waals surface area (Å²) in [6.45, 7) is 8.64. The smallest absolute Gasteiger partial charge is 0.0720 e. The SMILES string of the molecule is Cc1cc(CN)ccc1COCCOC(C)C. The van der Waals surface area contributed by atoms with Crippen LogP contribution in [0.3, 0.4) is 0 Å². The van der Waals surface area contributed by atoms with Crippen LogP contribution in [-0.2, 0) is 22.6 Å². The lowest BCUT2D eigenvalue weighted by Gasteiger charge is -2.10. The van der Waals surface area contributed by atoms with Crippen LogP contribution in [0, 0.1) is 6.92 Å². The zero-order valence-corrected chi connectivity index (χ0v) is 11.0. The van der Waals surface area contributed by atoms with E-state index in [0.717, 1.165) is 5.56 Å². The highest BCUT2D eigenvalue weighted by atomic mass is 16.5. The number of ether oxygens (including phenoxy) is 2. The van der Waals surface area contributed by atoms with Gasteiger partial charge in [0.2, 0.25) is 0 Å². The molecule has 1 rings (SSSR count). The molecule has 2 N–H and O–H groups in total. The van der Waals surface area contributed by atoms with Crippen molar-refractivity contribution < 1.29 is 9.47 Å². The van der Waals surface area contributed by atoms with Gasteiger partial charge in [-0.3, -0.25) is 0 Å². The van der Waals surface area contributed by atoms with Gasteiger partial charge in [-0.15, -0.1) is 0 Å². The van der Waals surface area contributed by atoms with E-state index in [9.17, 15) is 0 Å². The van der Waals surface area contributed by atoms with Gasteiger partial charge in [-0.1, -0.05) is 18.2 Å². The van der Waals surface area contributed by atoms with Crippen LogP contribution >= 0.6 is 0 Å². The molecule has 1 aromatic carbocycles. The molecule has 0 aliphatic heterocycles. The predicted octanol–water partition coefficient (Wildman–Crippen LogP) is 2.40. The van der Waals surface area contributed by atoms with Gasteiger partial charge >= 0.3 is 0 Å². The molecule has 1 aromatic rings. The molecule has 0 heterocycles. The molecule has 0 aromatic heterocycles. The molecule has 0 amide bonds. The quantitative estimate of drug-likeness (QED) is 0.741. The lowest BCUT2D eigenvalue weighted by Crippen LogP contribution is -2.09. The summed E-state index contributed by atoms with van der Waals surface area (Å²) in [5.41, 5.74) is 9.20. The van der Waals surface area contributed by atoms with Crippen LogP contribution in [0.4, 0.5) is 0 Å². The van der Waals surface area contributed by atoms with E-state index in [-0.39, 0.29) is 6.10 Å². The Morgan fingerprint density at radius 2 is 2.00 bits per heavy atom. The predicted molar refractivity (Wildman–Crippen MR) is 69.8 cm³/mol. The molecule has 96 valence electrons. The van der Waals surface area contributed by atoms with Gasteiger partial charge in [0.1, 0.15) is 0 Å². The Morgan fingerprint density at radius 3 is 2.59 bits per heavy atom. The Balaban J connectivity index is 2.32. The van der Waals surface area contributed by atoms with E-state index < -0.39 is 0 Å². The fraction of sp³-hybridized carbons (Fsp3) is 0.571. The van der Waals surface area contributed by atoms with Gasteiger partial charge in [0.25, 0.3) is 0 Å². The maximum absolute atomic E-state index is 5.59. The highest BCUT2D eigenvalue weighted by Gasteiger charge is 2.00. The third kappa shape index (κ3) is 5.31. The summed E-state index contributed by atoms with van der Waals surface area (Å²) in [4.78, 5) is 0. The highest BCUT2D eigenvalue weighted by molar-refractivity contribution is 5.30. The first kappa shape index (κ1) is 14.2. The maximum Gasteiger partial charge on any atom is 0.0720 e. The van der Waals surface area contributed by atoms with Gasteiger partial charge in [0.15, 0.2) is 0 Å². The molecule has 0 atom stereocenters. The van der Waals surface area contributed by atoms with Crippen molar-refractivity contribution in [1.29, 1.82) is 0 Å². The van der Waals surface area contributed by atoms with Gasteiger partial charge in [-0.25, -0.2) is 0 Å². The molecule has 3 nitrogen and oxygen atoms in total. The first-order valence-corrected chi connectivity index (χ1v) is 6.11. The topological polar surface area (TPSA) is 44.5 Å². The number of hydrogen-bond acceptors (Lipinski definition) is 3. The normalized spacial score (nSPS) is 11.1. The van der Waals surface area contributed by atoms with E-state index in [1.807, 2.05) is 13.8 Å². The number of benzene rings is 1. The Morgan fingerprint density at radius 1 is 1.24 bits per heavy atom. The lowest BCUT2D eigenvalue weighted by molar-refractivity contribution is 0.0142. The van der Waals surface area contributed by atoms with Crippen LogP contribution in [0.2, 0.25) is 0 Å². The molecule has 0 aliphatic rings. The van der Waals surface area contributed by atoms with Crippen molar-refractivity contribution in [1.82, 2.24) is 0 Å². The average Bonchev–Trinajstić information content (AvgIpc) is 2.30. The molecule has 0 fully saturated rings. The summed E-state index contributed by atoms with van der Waals surface area (Å²) in [5.74, 6) is 0. The minimum absolute atomic E-state index is 0.268. The van der Waals surface area contributed by atoms with Crippen molar-refractivity contribution in [3.05, 3.63) is 34.9 Å². The van der Waals surface area contributed by atoms with Gasteiger partial charge in [-0.05, 0) is 37.5 Å². The van der Waals surface area contributed by atoms with Crippen molar-refractivity contribution in [3.63, 3.8) is 0 Å². The Bertz CT molecular complexity index is 337. The van der Waals surface area contributed by atoms with Crippen molar-refractivity contribution in [2.75, 3.05) is 13.2 Å². The summed E-state index contributed by atoms with van der Waals surface area (Å²) < 4.78 is 11.0. The Labute approximate surface area is 104 Å². The zero-order chi connectivity index (χ0) is 12.7. The number of nitrogens with two attached hydrogens (primary N) is 1. The second kappa shape index (κ2) is 7.43. The van der Waals surface area contributed by atoms with Crippen LogP contribution < -0.4 is 5.73 Å². The second-order valence-electron chi connectivity index (χ2n) is 4.44. The van der Waals surface area contributed by atoms with Crippen LogP contribution in [0.1, 0.15) is 30.5 Å². The Hall–Kier alpha value is -0.900. The third-order valence-corrected chi connectivity index (χ3v) is 2.58. The molecule has 0 spiro atoms. The zero-order valence-electron chi connectivity index (χ0n) is 11.0. The molecular weight excluding hydrogens is 214 g/mol. The summed E-state index contributed by atoms with van der Waals surface area (Å²) in [7, 11) is 0. The molecule has 3 heteroatoms. The fourth-order valence-corrected chi connectivity index (χ4v) is 1.57. The summed E-state index contributed by atoms with van der Waals surface area (Å²) in [6, 6.07) is 6.25. The van der Waals surface area contributed by atoms with E-state index in [2.05, 4.69) is 25.1 Å². The average molecular weight is 237 g/mol. The minimum Gasteiger partial charge on any atom is -0.376 e. The molecule has 0 saturated heterocycles. The van der Waals surface area contributed by atoms with Gasteiger partial charge < -0.3 is 15.2 Å². The van der Waals surface area contributed by atoms with Gasteiger partial charge in [0, 0.05) is 6.54 Å². The van der Waals surface area contributed by atoms with Crippen molar-refractivity contribution in [3.8, 4) is 0 Å².